The number of carboxylic acids is 1. The van der Waals surface area contributed by atoms with Crippen LogP contribution >= 0.6 is 11.6 Å². The Morgan fingerprint density at radius 3 is 2.64 bits per heavy atom. The van der Waals surface area contributed by atoms with Crippen LogP contribution in [0.2, 0.25) is 5.02 Å². The lowest BCUT2D eigenvalue weighted by Crippen LogP contribution is -2.25. The lowest BCUT2D eigenvalue weighted by atomic mass is 10.1. The fraction of sp³-hybridized carbons (Fsp3) is 0.150. The summed E-state index contributed by atoms with van der Waals surface area (Å²) in [4.78, 5) is 37.8. The maximum atomic E-state index is 13.8. The Morgan fingerprint density at radius 2 is 1.93 bits per heavy atom. The van der Waals surface area contributed by atoms with Gasteiger partial charge in [-0.1, -0.05) is 29.3 Å². The van der Waals surface area contributed by atoms with Crippen molar-refractivity contribution in [2.75, 3.05) is 0 Å². The van der Waals surface area contributed by atoms with Gasteiger partial charge >= 0.3 is 5.97 Å². The zero-order valence-corrected chi connectivity index (χ0v) is 15.6. The van der Waals surface area contributed by atoms with Gasteiger partial charge in [-0.3, -0.25) is 9.59 Å². The monoisotopic (exact) mass is 402 g/mol. The standard InChI is InChI=1S/C20H16ClFN2O4/c1-10-2-3-16(22)11(4-10)8-17(25)23-9-13-6-14(21)5-12-7-15(20(27)28)19(26)24-18(12)13/h2-7H,8-9H2,1H3,(H,23,25)(H,24,26)(H,27,28). The van der Waals surface area contributed by atoms with Crippen LogP contribution in [0.25, 0.3) is 10.9 Å². The van der Waals surface area contributed by atoms with Crippen LogP contribution in [0.4, 0.5) is 4.39 Å². The highest BCUT2D eigenvalue weighted by molar-refractivity contribution is 6.31. The molecule has 1 aromatic heterocycles. The third-order valence-corrected chi connectivity index (χ3v) is 4.48. The van der Waals surface area contributed by atoms with Crippen LogP contribution in [0, 0.1) is 12.7 Å². The van der Waals surface area contributed by atoms with Crippen molar-refractivity contribution < 1.29 is 19.1 Å². The number of aromatic amines is 1. The van der Waals surface area contributed by atoms with E-state index < -0.39 is 28.8 Å². The van der Waals surface area contributed by atoms with Gasteiger partial charge in [0.25, 0.3) is 5.56 Å². The molecule has 0 saturated heterocycles. The number of halogens is 2. The minimum atomic E-state index is -1.35. The number of benzene rings is 2. The van der Waals surface area contributed by atoms with Gasteiger partial charge in [0.1, 0.15) is 11.4 Å². The Hall–Kier alpha value is -3.19. The van der Waals surface area contributed by atoms with Crippen molar-refractivity contribution in [3.63, 3.8) is 0 Å². The van der Waals surface area contributed by atoms with E-state index in [0.717, 1.165) is 5.56 Å². The van der Waals surface area contributed by atoms with Gasteiger partial charge in [0, 0.05) is 17.0 Å². The van der Waals surface area contributed by atoms with Gasteiger partial charge in [-0.25, -0.2) is 9.18 Å². The summed E-state index contributed by atoms with van der Waals surface area (Å²) < 4.78 is 13.8. The highest BCUT2D eigenvalue weighted by atomic mass is 35.5. The van der Waals surface area contributed by atoms with Gasteiger partial charge in [-0.05, 0) is 42.3 Å². The van der Waals surface area contributed by atoms with Gasteiger partial charge in [0.2, 0.25) is 5.91 Å². The first-order valence-electron chi connectivity index (χ1n) is 8.35. The van der Waals surface area contributed by atoms with Crippen molar-refractivity contribution in [2.24, 2.45) is 0 Å². The molecule has 0 aliphatic heterocycles. The number of hydrogen-bond donors (Lipinski definition) is 3. The number of amides is 1. The third-order valence-electron chi connectivity index (χ3n) is 4.26. The molecule has 3 rings (SSSR count). The predicted molar refractivity (Wildman–Crippen MR) is 103 cm³/mol. The lowest BCUT2D eigenvalue weighted by Gasteiger charge is -2.10. The molecule has 0 fully saturated rings. The molecule has 0 radical (unpaired) electrons. The molecule has 28 heavy (non-hydrogen) atoms. The molecule has 144 valence electrons. The molecule has 2 aromatic carbocycles. The van der Waals surface area contributed by atoms with Crippen LogP contribution in [0.15, 0.2) is 41.2 Å². The van der Waals surface area contributed by atoms with E-state index in [1.807, 2.05) is 0 Å². The molecule has 0 atom stereocenters. The van der Waals surface area contributed by atoms with Crippen LogP contribution in [0.3, 0.4) is 0 Å². The molecule has 0 unspecified atom stereocenters. The maximum absolute atomic E-state index is 13.8. The van der Waals surface area contributed by atoms with Crippen LogP contribution in [0.5, 0.6) is 0 Å². The Labute approximate surface area is 164 Å². The molecule has 1 heterocycles. The van der Waals surface area contributed by atoms with Crippen molar-refractivity contribution in [1.82, 2.24) is 10.3 Å². The largest absolute Gasteiger partial charge is 0.477 e. The Kier molecular flexibility index (Phi) is 5.46. The Balaban J connectivity index is 1.85. The molecule has 0 bridgehead atoms. The molecule has 0 aliphatic rings. The number of carboxylic acid groups (broad SMARTS) is 1. The summed E-state index contributed by atoms with van der Waals surface area (Å²) >= 11 is 6.08. The summed E-state index contributed by atoms with van der Waals surface area (Å²) in [7, 11) is 0. The van der Waals surface area contributed by atoms with Crippen molar-refractivity contribution in [3.05, 3.63) is 79.8 Å². The van der Waals surface area contributed by atoms with Gasteiger partial charge < -0.3 is 15.4 Å². The number of aryl methyl sites for hydroxylation is 1. The fourth-order valence-corrected chi connectivity index (χ4v) is 3.17. The molecule has 6 nitrogen and oxygen atoms in total. The quantitative estimate of drug-likeness (QED) is 0.610. The van der Waals surface area contributed by atoms with Gasteiger partial charge in [0.05, 0.1) is 11.9 Å². The van der Waals surface area contributed by atoms with E-state index in [-0.39, 0.29) is 18.5 Å². The zero-order valence-electron chi connectivity index (χ0n) is 14.8. The number of hydrogen-bond acceptors (Lipinski definition) is 3. The normalized spacial score (nSPS) is 10.8. The van der Waals surface area contributed by atoms with E-state index in [1.54, 1.807) is 25.1 Å². The number of carbonyl (C=O) groups is 2. The minimum Gasteiger partial charge on any atom is -0.477 e. The number of nitrogens with one attached hydrogen (secondary N) is 2. The summed E-state index contributed by atoms with van der Waals surface area (Å²) in [5.41, 5.74) is 0.859. The van der Waals surface area contributed by atoms with Crippen LogP contribution in [0.1, 0.15) is 27.0 Å². The van der Waals surface area contributed by atoms with Gasteiger partial charge in [0.15, 0.2) is 0 Å². The Bertz CT molecular complexity index is 1160. The number of H-pyrrole nitrogens is 1. The number of carbonyl (C=O) groups excluding carboxylic acids is 1. The highest BCUT2D eigenvalue weighted by Crippen LogP contribution is 2.22. The molecule has 0 aliphatic carbocycles. The van der Waals surface area contributed by atoms with Crippen molar-refractivity contribution >= 4 is 34.4 Å². The summed E-state index contributed by atoms with van der Waals surface area (Å²) in [5.74, 6) is -2.21. The summed E-state index contributed by atoms with van der Waals surface area (Å²) in [6.07, 6.45) is -0.133. The molecule has 0 saturated carbocycles. The fourth-order valence-electron chi connectivity index (χ4n) is 2.92. The molecule has 3 N–H and O–H groups in total. The molecular weight excluding hydrogens is 387 g/mol. The first kappa shape index (κ1) is 19.6. The SMILES string of the molecule is Cc1ccc(F)c(CC(=O)NCc2cc(Cl)cc3cc(C(=O)O)c(=O)[nH]c23)c1. The second-order valence-corrected chi connectivity index (χ2v) is 6.83. The van der Waals surface area contributed by atoms with Crippen molar-refractivity contribution in [3.8, 4) is 0 Å². The Morgan fingerprint density at radius 1 is 1.18 bits per heavy atom. The van der Waals surface area contributed by atoms with Crippen LogP contribution in [-0.4, -0.2) is 22.0 Å². The predicted octanol–water partition coefficient (Wildman–Crippen LogP) is 3.19. The van der Waals surface area contributed by atoms with Gasteiger partial charge in [-0.2, -0.15) is 0 Å². The smallest absolute Gasteiger partial charge is 0.341 e. The van der Waals surface area contributed by atoms with E-state index in [1.165, 1.54) is 18.2 Å². The van der Waals surface area contributed by atoms with Gasteiger partial charge in [-0.15, -0.1) is 0 Å². The first-order valence-corrected chi connectivity index (χ1v) is 8.73. The second-order valence-electron chi connectivity index (χ2n) is 6.39. The number of fused-ring (bicyclic) bond motifs is 1. The van der Waals surface area contributed by atoms with E-state index in [9.17, 15) is 18.8 Å². The van der Waals surface area contributed by atoms with E-state index >= 15 is 0 Å². The van der Waals surface area contributed by atoms with E-state index in [4.69, 9.17) is 16.7 Å². The molecule has 1 amide bonds. The van der Waals surface area contributed by atoms with Crippen molar-refractivity contribution in [2.45, 2.75) is 19.9 Å². The van der Waals surface area contributed by atoms with E-state index in [2.05, 4.69) is 10.3 Å². The highest BCUT2D eigenvalue weighted by Gasteiger charge is 2.14. The number of aromatic carboxylic acids is 1. The molecule has 8 heteroatoms. The van der Waals surface area contributed by atoms with E-state index in [0.29, 0.717) is 21.5 Å². The summed E-state index contributed by atoms with van der Waals surface area (Å²) in [6, 6.07) is 8.86. The number of pyridine rings is 1. The minimum absolute atomic E-state index is 0.0334. The first-order chi connectivity index (χ1) is 13.2. The summed E-state index contributed by atoms with van der Waals surface area (Å²) in [6.45, 7) is 1.84. The van der Waals surface area contributed by atoms with Crippen LogP contribution in [-0.2, 0) is 17.8 Å². The average molecular weight is 403 g/mol. The topological polar surface area (TPSA) is 99.3 Å². The lowest BCUT2D eigenvalue weighted by molar-refractivity contribution is -0.120. The molecule has 3 aromatic rings. The zero-order chi connectivity index (χ0) is 20.4. The molecule has 0 spiro atoms. The number of aromatic nitrogens is 1. The summed E-state index contributed by atoms with van der Waals surface area (Å²) in [5, 5.41) is 12.5. The third kappa shape index (κ3) is 4.20. The van der Waals surface area contributed by atoms with Crippen LogP contribution < -0.4 is 10.9 Å². The molecular formula is C20H16ClFN2O4. The number of rotatable bonds is 5. The second kappa shape index (κ2) is 7.82. The maximum Gasteiger partial charge on any atom is 0.341 e. The van der Waals surface area contributed by atoms with Crippen molar-refractivity contribution in [1.29, 1.82) is 0 Å². The average Bonchev–Trinajstić information content (AvgIpc) is 2.62.